The summed E-state index contributed by atoms with van der Waals surface area (Å²) in [5.41, 5.74) is 1.34. The van der Waals surface area contributed by atoms with Gasteiger partial charge in [0.15, 0.2) is 0 Å². The highest BCUT2D eigenvalue weighted by atomic mass is 32.2. The van der Waals surface area contributed by atoms with Gasteiger partial charge in [-0.2, -0.15) is 4.31 Å². The highest BCUT2D eigenvalue weighted by Crippen LogP contribution is 2.33. The molecule has 7 nitrogen and oxygen atoms in total. The zero-order chi connectivity index (χ0) is 28.7. The van der Waals surface area contributed by atoms with Gasteiger partial charge in [0.2, 0.25) is 15.9 Å². The quantitative estimate of drug-likeness (QED) is 0.335. The van der Waals surface area contributed by atoms with Crippen molar-refractivity contribution in [2.75, 3.05) is 24.7 Å². The van der Waals surface area contributed by atoms with Crippen molar-refractivity contribution in [1.82, 2.24) is 19.8 Å². The maximum absolute atomic E-state index is 13.7. The van der Waals surface area contributed by atoms with E-state index in [-0.39, 0.29) is 17.2 Å². The molecule has 0 bridgehead atoms. The number of rotatable bonds is 11. The van der Waals surface area contributed by atoms with Crippen LogP contribution in [0.1, 0.15) is 89.0 Å². The van der Waals surface area contributed by atoms with Crippen LogP contribution in [0.25, 0.3) is 0 Å². The van der Waals surface area contributed by atoms with E-state index in [1.165, 1.54) is 53.7 Å². The lowest BCUT2D eigenvalue weighted by molar-refractivity contribution is -0.124. The molecule has 5 rings (SSSR count). The van der Waals surface area contributed by atoms with Gasteiger partial charge < -0.3 is 10.6 Å². The molecule has 1 aromatic carbocycles. The maximum Gasteiger partial charge on any atom is 0.239 e. The Kier molecular flexibility index (Phi) is 11.4. The smallest absolute Gasteiger partial charge is 0.239 e. The van der Waals surface area contributed by atoms with Crippen LogP contribution >= 0.6 is 24.0 Å². The fraction of sp³-hybridized carbons (Fsp3) is 0.742. The molecule has 2 aliphatic carbocycles. The molecule has 2 saturated heterocycles. The molecule has 41 heavy (non-hydrogen) atoms. The monoisotopic (exact) mass is 620 g/mol. The van der Waals surface area contributed by atoms with Crippen LogP contribution in [0.5, 0.6) is 0 Å². The van der Waals surface area contributed by atoms with Gasteiger partial charge in [0, 0.05) is 31.4 Å². The predicted molar refractivity (Wildman–Crippen MR) is 172 cm³/mol. The molecule has 2 N–H and O–H groups in total. The zero-order valence-corrected chi connectivity index (χ0v) is 26.8. The molecule has 0 aromatic heterocycles. The van der Waals surface area contributed by atoms with Gasteiger partial charge >= 0.3 is 0 Å². The summed E-state index contributed by atoms with van der Waals surface area (Å²) in [6.45, 7) is 3.00. The largest absolute Gasteiger partial charge is 0.375 e. The zero-order valence-electron chi connectivity index (χ0n) is 24.3. The van der Waals surface area contributed by atoms with E-state index in [4.69, 9.17) is 12.2 Å². The van der Waals surface area contributed by atoms with Crippen LogP contribution in [0.3, 0.4) is 0 Å². The number of hydrogen-bond donors (Lipinski definition) is 2. The Labute approximate surface area is 257 Å². The van der Waals surface area contributed by atoms with Gasteiger partial charge in [0.05, 0.1) is 22.2 Å². The van der Waals surface area contributed by atoms with Gasteiger partial charge in [-0.1, -0.05) is 87.5 Å². The molecule has 4 aliphatic rings. The van der Waals surface area contributed by atoms with Gasteiger partial charge in [-0.3, -0.25) is 9.69 Å². The van der Waals surface area contributed by atoms with E-state index >= 15 is 0 Å². The second-order valence-electron chi connectivity index (χ2n) is 12.5. The van der Waals surface area contributed by atoms with Crippen molar-refractivity contribution in [3.05, 3.63) is 35.9 Å². The van der Waals surface area contributed by atoms with Crippen LogP contribution in [-0.2, 0) is 21.4 Å². The molecular formula is C31H48N4O3S3. The Bertz CT molecular complexity index is 1100. The number of thiocarbonyl (C=S) groups is 1. The Hall–Kier alpha value is -1.20. The Morgan fingerprint density at radius 1 is 0.976 bits per heavy atom. The molecule has 10 heteroatoms. The molecule has 2 atom stereocenters. The van der Waals surface area contributed by atoms with E-state index in [1.807, 2.05) is 0 Å². The average Bonchev–Trinajstić information content (AvgIpc) is 3.71. The van der Waals surface area contributed by atoms with Gasteiger partial charge in [0.1, 0.15) is 6.04 Å². The average molecular weight is 621 g/mol. The fourth-order valence-corrected chi connectivity index (χ4v) is 11.2. The highest BCUT2D eigenvalue weighted by Gasteiger charge is 2.44. The van der Waals surface area contributed by atoms with E-state index in [1.54, 1.807) is 0 Å². The van der Waals surface area contributed by atoms with Gasteiger partial charge in [-0.25, -0.2) is 8.42 Å². The normalized spacial score (nSPS) is 24.8. The Balaban J connectivity index is 1.18. The minimum atomic E-state index is -3.47. The first-order chi connectivity index (χ1) is 19.9. The van der Waals surface area contributed by atoms with Crippen LogP contribution in [0.4, 0.5) is 0 Å². The summed E-state index contributed by atoms with van der Waals surface area (Å²) in [6.07, 6.45) is 13.6. The fourth-order valence-electron chi connectivity index (χ4n) is 7.06. The van der Waals surface area contributed by atoms with E-state index in [2.05, 4.69) is 45.9 Å². The van der Waals surface area contributed by atoms with E-state index in [0.29, 0.717) is 41.4 Å². The van der Waals surface area contributed by atoms with Crippen LogP contribution < -0.4 is 10.6 Å². The molecule has 0 unspecified atom stereocenters. The number of piperidine rings is 1. The maximum atomic E-state index is 13.7. The van der Waals surface area contributed by atoms with Crippen LogP contribution in [0, 0.1) is 5.92 Å². The number of carbonyl (C=O) groups is 1. The summed E-state index contributed by atoms with van der Waals surface area (Å²) in [7, 11) is -3.47. The molecule has 228 valence electrons. The van der Waals surface area contributed by atoms with Crippen molar-refractivity contribution in [3.8, 4) is 0 Å². The van der Waals surface area contributed by atoms with Gasteiger partial charge in [-0.05, 0) is 50.0 Å². The van der Waals surface area contributed by atoms with E-state index < -0.39 is 16.1 Å². The third kappa shape index (κ3) is 8.46. The molecule has 1 aromatic rings. The molecule has 2 heterocycles. The highest BCUT2D eigenvalue weighted by molar-refractivity contribution is 8.00. The van der Waals surface area contributed by atoms with Gasteiger partial charge in [0.25, 0.3) is 0 Å². The van der Waals surface area contributed by atoms with Crippen molar-refractivity contribution in [2.45, 2.75) is 113 Å². The van der Waals surface area contributed by atoms with Crippen molar-refractivity contribution < 1.29 is 13.2 Å². The summed E-state index contributed by atoms with van der Waals surface area (Å²) in [5, 5.41) is 6.54. The number of sulfonamides is 1. The minimum Gasteiger partial charge on any atom is -0.375 e. The molecular weight excluding hydrogens is 573 g/mol. The molecule has 0 radical (unpaired) electrons. The summed E-state index contributed by atoms with van der Waals surface area (Å²) >= 11 is 7.50. The number of nitrogens with zero attached hydrogens (tertiary/aromatic N) is 2. The van der Waals surface area contributed by atoms with Crippen molar-refractivity contribution in [2.24, 2.45) is 5.92 Å². The lowest BCUT2D eigenvalue weighted by atomic mass is 9.85. The first-order valence-corrected chi connectivity index (χ1v) is 18.9. The van der Waals surface area contributed by atoms with E-state index in [9.17, 15) is 13.2 Å². The lowest BCUT2D eigenvalue weighted by Crippen LogP contribution is -2.56. The third-order valence-electron chi connectivity index (χ3n) is 9.60. The minimum absolute atomic E-state index is 0.188. The molecule has 2 saturated carbocycles. The van der Waals surface area contributed by atoms with Gasteiger partial charge in [-0.15, -0.1) is 11.8 Å². The second-order valence-corrected chi connectivity index (χ2v) is 16.1. The summed E-state index contributed by atoms with van der Waals surface area (Å²) in [4.78, 5) is 16.9. The van der Waals surface area contributed by atoms with Crippen molar-refractivity contribution in [3.63, 3.8) is 0 Å². The third-order valence-corrected chi connectivity index (χ3v) is 13.5. The van der Waals surface area contributed by atoms with Crippen LogP contribution in [0.15, 0.2) is 30.3 Å². The molecule has 4 fully saturated rings. The summed E-state index contributed by atoms with van der Waals surface area (Å²) < 4.78 is 28.3. The van der Waals surface area contributed by atoms with Crippen LogP contribution in [0.2, 0.25) is 0 Å². The standard InChI is InChI=1S/C31H48N4O3S3/c36-30(29-22-40-23-35(29)41(37,38)27-13-7-8-14-27)33-28(16-15-24-9-3-1-4-10-24)31(39)32-26-17-19-34(20-18-26)21-25-11-5-2-6-12-25/h2,5-6,11-12,24,26-29H,1,3-4,7-10,13-23H2,(H,32,39)(H,33,36)/t28-,29+/m1/s1. The molecule has 0 spiro atoms. The number of carbonyl (C=O) groups excluding carboxylic acids is 1. The Morgan fingerprint density at radius 3 is 2.37 bits per heavy atom. The van der Waals surface area contributed by atoms with E-state index in [0.717, 1.165) is 58.2 Å². The topological polar surface area (TPSA) is 81.8 Å². The summed E-state index contributed by atoms with van der Waals surface area (Å²) in [6, 6.07) is 10.0. The first kappa shape index (κ1) is 31.2. The molecule has 1 amide bonds. The first-order valence-electron chi connectivity index (χ1n) is 15.9. The second kappa shape index (κ2) is 15.0. The number of likely N-dealkylation sites (tertiary alicyclic amines) is 1. The number of hydrogen-bond acceptors (Lipinski definition) is 6. The number of nitrogens with one attached hydrogen (secondary N) is 2. The van der Waals surface area contributed by atoms with Crippen molar-refractivity contribution >= 4 is 44.9 Å². The predicted octanol–water partition coefficient (Wildman–Crippen LogP) is 5.06. The summed E-state index contributed by atoms with van der Waals surface area (Å²) in [5.74, 6) is 1.38. The number of benzene rings is 1. The number of amides is 1. The molecule has 2 aliphatic heterocycles. The van der Waals surface area contributed by atoms with Crippen molar-refractivity contribution in [1.29, 1.82) is 0 Å². The lowest BCUT2D eigenvalue weighted by Gasteiger charge is -2.35. The number of thioether (sulfide) groups is 1. The SMILES string of the molecule is O=C(N[C@H](CCC1CCCCC1)C(=S)NC1CCN(Cc2ccccc2)CC1)[C@@H]1CSCN1S(=O)(=O)C1CCCC1. The Morgan fingerprint density at radius 2 is 1.66 bits per heavy atom. The van der Waals surface area contributed by atoms with Crippen LogP contribution in [-0.4, -0.2) is 76.6 Å².